The summed E-state index contributed by atoms with van der Waals surface area (Å²) in [5.74, 6) is 2.01. The quantitative estimate of drug-likeness (QED) is 0.507. The number of piperazine rings is 1. The van der Waals surface area contributed by atoms with Gasteiger partial charge in [-0.15, -0.1) is 11.3 Å². The van der Waals surface area contributed by atoms with Gasteiger partial charge in [0.1, 0.15) is 5.75 Å². The van der Waals surface area contributed by atoms with Gasteiger partial charge in [0.05, 0.1) is 4.88 Å². The molecule has 1 aromatic carbocycles. The first kappa shape index (κ1) is 21.8. The molecule has 1 amide bonds. The standard InChI is InChI=1S/C22H25ClN4O3S/c1-16-14-17(6-7-18(16)23)29-15-21(28)27-11-9-26(10-12-27)8-2-5-20-24-22(25-30-20)19-4-3-13-31-19/h3-4,6-7,13-14H,2,5,8-12,15H2,1H3. The minimum Gasteiger partial charge on any atom is -0.484 e. The zero-order chi connectivity index (χ0) is 21.6. The Balaban J connectivity index is 1.15. The van der Waals surface area contributed by atoms with E-state index >= 15 is 0 Å². The van der Waals surface area contributed by atoms with Gasteiger partial charge in [0.25, 0.3) is 5.91 Å². The molecule has 0 N–H and O–H groups in total. The van der Waals surface area contributed by atoms with E-state index in [9.17, 15) is 4.79 Å². The summed E-state index contributed by atoms with van der Waals surface area (Å²) in [6, 6.07) is 9.38. The highest BCUT2D eigenvalue weighted by Crippen LogP contribution is 2.22. The first-order chi connectivity index (χ1) is 15.1. The molecule has 164 valence electrons. The van der Waals surface area contributed by atoms with Crippen LogP contribution >= 0.6 is 22.9 Å². The molecular weight excluding hydrogens is 436 g/mol. The molecule has 3 heterocycles. The number of hydrogen-bond donors (Lipinski definition) is 0. The Morgan fingerprint density at radius 3 is 2.84 bits per heavy atom. The maximum Gasteiger partial charge on any atom is 0.260 e. The van der Waals surface area contributed by atoms with Gasteiger partial charge in [0.15, 0.2) is 6.61 Å². The molecule has 9 heteroatoms. The number of benzene rings is 1. The fourth-order valence-corrected chi connectivity index (χ4v) is 4.25. The largest absolute Gasteiger partial charge is 0.484 e. The first-order valence-electron chi connectivity index (χ1n) is 10.3. The molecule has 1 aliphatic rings. The molecule has 0 atom stereocenters. The number of thiophene rings is 1. The van der Waals surface area contributed by atoms with E-state index in [1.54, 1.807) is 23.5 Å². The minimum absolute atomic E-state index is 0.0132. The molecule has 4 rings (SSSR count). The third-order valence-corrected chi connectivity index (χ3v) is 6.58. The second kappa shape index (κ2) is 10.3. The maximum atomic E-state index is 12.5. The molecule has 7 nitrogen and oxygen atoms in total. The highest BCUT2D eigenvalue weighted by Gasteiger charge is 2.21. The van der Waals surface area contributed by atoms with Crippen molar-refractivity contribution in [2.24, 2.45) is 0 Å². The van der Waals surface area contributed by atoms with Crippen molar-refractivity contribution >= 4 is 28.8 Å². The molecule has 1 fully saturated rings. The zero-order valence-electron chi connectivity index (χ0n) is 17.4. The van der Waals surface area contributed by atoms with Crippen molar-refractivity contribution in [3.05, 3.63) is 52.2 Å². The number of carbonyl (C=O) groups excluding carboxylic acids is 1. The van der Waals surface area contributed by atoms with Gasteiger partial charge in [-0.2, -0.15) is 4.98 Å². The summed E-state index contributed by atoms with van der Waals surface area (Å²) in [4.78, 5) is 22.2. The number of aromatic nitrogens is 2. The third kappa shape index (κ3) is 5.84. The number of hydrogen-bond acceptors (Lipinski definition) is 7. The summed E-state index contributed by atoms with van der Waals surface area (Å²) in [6.07, 6.45) is 1.70. The Labute approximate surface area is 190 Å². The van der Waals surface area contributed by atoms with Crippen LogP contribution in [0.5, 0.6) is 5.75 Å². The third-order valence-electron chi connectivity index (χ3n) is 5.29. The molecule has 31 heavy (non-hydrogen) atoms. The molecule has 1 aliphatic heterocycles. The van der Waals surface area contributed by atoms with Crippen molar-refractivity contribution in [2.75, 3.05) is 39.3 Å². The van der Waals surface area contributed by atoms with E-state index in [-0.39, 0.29) is 12.5 Å². The van der Waals surface area contributed by atoms with Crippen molar-refractivity contribution in [2.45, 2.75) is 19.8 Å². The number of rotatable bonds is 8. The Morgan fingerprint density at radius 1 is 1.26 bits per heavy atom. The van der Waals surface area contributed by atoms with Crippen LogP contribution in [0.15, 0.2) is 40.2 Å². The van der Waals surface area contributed by atoms with Crippen LogP contribution in [-0.2, 0) is 11.2 Å². The van der Waals surface area contributed by atoms with Crippen LogP contribution in [0, 0.1) is 6.92 Å². The Hall–Kier alpha value is -2.42. The van der Waals surface area contributed by atoms with Crippen LogP contribution in [0.2, 0.25) is 5.02 Å². The smallest absolute Gasteiger partial charge is 0.260 e. The van der Waals surface area contributed by atoms with E-state index in [0.717, 1.165) is 42.9 Å². The Morgan fingerprint density at radius 2 is 2.10 bits per heavy atom. The molecule has 0 spiro atoms. The van der Waals surface area contributed by atoms with Crippen LogP contribution in [-0.4, -0.2) is 65.2 Å². The van der Waals surface area contributed by atoms with Crippen molar-refractivity contribution in [3.63, 3.8) is 0 Å². The van der Waals surface area contributed by atoms with Gasteiger partial charge in [-0.05, 0) is 55.1 Å². The Kier molecular flexibility index (Phi) is 7.21. The normalized spacial score (nSPS) is 14.7. The molecule has 0 bridgehead atoms. The van der Waals surface area contributed by atoms with Crippen molar-refractivity contribution < 1.29 is 14.1 Å². The number of nitrogens with zero attached hydrogens (tertiary/aromatic N) is 4. The van der Waals surface area contributed by atoms with E-state index in [0.29, 0.717) is 35.6 Å². The number of halogens is 1. The van der Waals surface area contributed by atoms with Crippen LogP contribution in [0.3, 0.4) is 0 Å². The number of carbonyl (C=O) groups is 1. The van der Waals surface area contributed by atoms with E-state index in [1.165, 1.54) is 0 Å². The highest BCUT2D eigenvalue weighted by atomic mass is 35.5. The van der Waals surface area contributed by atoms with Crippen LogP contribution in [0.4, 0.5) is 0 Å². The van der Waals surface area contributed by atoms with Gasteiger partial charge in [0, 0.05) is 37.6 Å². The zero-order valence-corrected chi connectivity index (χ0v) is 19.0. The predicted octanol–water partition coefficient (Wildman–Crippen LogP) is 3.92. The summed E-state index contributed by atoms with van der Waals surface area (Å²) >= 11 is 7.63. The van der Waals surface area contributed by atoms with Crippen molar-refractivity contribution in [1.82, 2.24) is 19.9 Å². The van der Waals surface area contributed by atoms with Crippen molar-refractivity contribution in [1.29, 1.82) is 0 Å². The van der Waals surface area contributed by atoms with Gasteiger partial charge < -0.3 is 14.2 Å². The van der Waals surface area contributed by atoms with Crippen LogP contribution in [0.1, 0.15) is 17.9 Å². The lowest BCUT2D eigenvalue weighted by Gasteiger charge is -2.34. The van der Waals surface area contributed by atoms with Crippen molar-refractivity contribution in [3.8, 4) is 16.5 Å². The summed E-state index contributed by atoms with van der Waals surface area (Å²) < 4.78 is 11.0. The summed E-state index contributed by atoms with van der Waals surface area (Å²) in [5.41, 5.74) is 0.934. The number of aryl methyl sites for hydroxylation is 2. The van der Waals surface area contributed by atoms with Crippen LogP contribution in [0.25, 0.3) is 10.7 Å². The fraction of sp³-hybridized carbons (Fsp3) is 0.409. The second-order valence-electron chi connectivity index (χ2n) is 7.51. The van der Waals surface area contributed by atoms with E-state index in [4.69, 9.17) is 20.9 Å². The SMILES string of the molecule is Cc1cc(OCC(=O)N2CCN(CCCc3nc(-c4cccs4)no3)CC2)ccc1Cl. The fourth-order valence-electron chi connectivity index (χ4n) is 3.48. The molecule has 0 unspecified atom stereocenters. The Bertz CT molecular complexity index is 1000. The van der Waals surface area contributed by atoms with Gasteiger partial charge in [0.2, 0.25) is 11.7 Å². The first-order valence-corrected chi connectivity index (χ1v) is 11.6. The van der Waals surface area contributed by atoms with E-state index in [2.05, 4.69) is 15.0 Å². The molecule has 2 aromatic heterocycles. The second-order valence-corrected chi connectivity index (χ2v) is 8.87. The molecule has 1 saturated heterocycles. The summed E-state index contributed by atoms with van der Waals surface area (Å²) in [6.45, 7) is 6.05. The average molecular weight is 461 g/mol. The average Bonchev–Trinajstić information content (AvgIpc) is 3.47. The van der Waals surface area contributed by atoms with Gasteiger partial charge in [-0.25, -0.2) is 0 Å². The topological polar surface area (TPSA) is 71.7 Å². The lowest BCUT2D eigenvalue weighted by atomic mass is 10.2. The monoisotopic (exact) mass is 460 g/mol. The molecule has 0 saturated carbocycles. The lowest BCUT2D eigenvalue weighted by Crippen LogP contribution is -2.50. The number of ether oxygens (including phenoxy) is 1. The molecule has 3 aromatic rings. The van der Waals surface area contributed by atoms with E-state index in [1.807, 2.05) is 35.4 Å². The maximum absolute atomic E-state index is 12.5. The lowest BCUT2D eigenvalue weighted by molar-refractivity contribution is -0.135. The minimum atomic E-state index is 0.0132. The highest BCUT2D eigenvalue weighted by molar-refractivity contribution is 7.13. The predicted molar refractivity (Wildman–Crippen MR) is 121 cm³/mol. The van der Waals surface area contributed by atoms with Gasteiger partial charge >= 0.3 is 0 Å². The molecule has 0 radical (unpaired) electrons. The van der Waals surface area contributed by atoms with Gasteiger partial charge in [-0.1, -0.05) is 22.8 Å². The van der Waals surface area contributed by atoms with Gasteiger partial charge in [-0.3, -0.25) is 9.69 Å². The van der Waals surface area contributed by atoms with Crippen LogP contribution < -0.4 is 4.74 Å². The number of amides is 1. The summed E-state index contributed by atoms with van der Waals surface area (Å²) in [7, 11) is 0. The molecular formula is C22H25ClN4O3S. The summed E-state index contributed by atoms with van der Waals surface area (Å²) in [5, 5.41) is 6.74. The molecule has 0 aliphatic carbocycles. The van der Waals surface area contributed by atoms with E-state index < -0.39 is 0 Å².